The van der Waals surface area contributed by atoms with Gasteiger partial charge in [0.1, 0.15) is 0 Å². The Hall–Kier alpha value is -3.67. The minimum atomic E-state index is 0.607. The van der Waals surface area contributed by atoms with Gasteiger partial charge in [-0.15, -0.1) is 0 Å². The van der Waals surface area contributed by atoms with Crippen LogP contribution in [0.3, 0.4) is 0 Å². The van der Waals surface area contributed by atoms with E-state index in [-0.39, 0.29) is 0 Å². The summed E-state index contributed by atoms with van der Waals surface area (Å²) in [6.07, 6.45) is 5.62. The van der Waals surface area contributed by atoms with Crippen LogP contribution in [0.2, 0.25) is 0 Å². The van der Waals surface area contributed by atoms with Crippen LogP contribution in [0.25, 0.3) is 10.8 Å². The Labute approximate surface area is 170 Å². The Morgan fingerprint density at radius 2 is 1.69 bits per heavy atom. The number of guanidine groups is 1. The predicted molar refractivity (Wildman–Crippen MR) is 117 cm³/mol. The lowest BCUT2D eigenvalue weighted by molar-refractivity contribution is 0.677. The van der Waals surface area contributed by atoms with Gasteiger partial charge in [0, 0.05) is 37.6 Å². The monoisotopic (exact) mass is 384 g/mol. The quantitative estimate of drug-likeness (QED) is 0.395. The number of aromatic nitrogens is 3. The SMILES string of the molecule is CN=C(NCc1ccccc1Cn1cccn1)NCc1nccc2ccccc12. The van der Waals surface area contributed by atoms with Crippen LogP contribution in [-0.2, 0) is 19.6 Å². The fourth-order valence-corrected chi connectivity index (χ4v) is 3.34. The van der Waals surface area contributed by atoms with Gasteiger partial charge in [0.2, 0.25) is 0 Å². The van der Waals surface area contributed by atoms with Gasteiger partial charge in [0.25, 0.3) is 0 Å². The Bertz CT molecular complexity index is 1100. The van der Waals surface area contributed by atoms with E-state index in [2.05, 4.69) is 62.1 Å². The zero-order chi connectivity index (χ0) is 19.9. The molecule has 2 aromatic carbocycles. The Morgan fingerprint density at radius 3 is 2.52 bits per heavy atom. The van der Waals surface area contributed by atoms with E-state index in [9.17, 15) is 0 Å². The lowest BCUT2D eigenvalue weighted by Gasteiger charge is -2.15. The summed E-state index contributed by atoms with van der Waals surface area (Å²) >= 11 is 0. The lowest BCUT2D eigenvalue weighted by atomic mass is 10.1. The largest absolute Gasteiger partial charge is 0.352 e. The van der Waals surface area contributed by atoms with Gasteiger partial charge in [-0.25, -0.2) is 0 Å². The van der Waals surface area contributed by atoms with Crippen LogP contribution in [0.5, 0.6) is 0 Å². The van der Waals surface area contributed by atoms with Crippen molar-refractivity contribution in [3.8, 4) is 0 Å². The first-order valence-corrected chi connectivity index (χ1v) is 9.65. The van der Waals surface area contributed by atoms with E-state index in [4.69, 9.17) is 0 Å². The molecule has 4 aromatic rings. The van der Waals surface area contributed by atoms with Gasteiger partial charge in [0.15, 0.2) is 5.96 Å². The van der Waals surface area contributed by atoms with Gasteiger partial charge in [-0.05, 0) is 28.6 Å². The second-order valence-electron chi connectivity index (χ2n) is 6.73. The average molecular weight is 384 g/mol. The number of rotatable bonds is 6. The molecule has 0 radical (unpaired) electrons. The predicted octanol–water partition coefficient (Wildman–Crippen LogP) is 3.34. The summed E-state index contributed by atoms with van der Waals surface area (Å²) in [4.78, 5) is 8.89. The fourth-order valence-electron chi connectivity index (χ4n) is 3.34. The van der Waals surface area contributed by atoms with Crippen LogP contribution >= 0.6 is 0 Å². The second-order valence-corrected chi connectivity index (χ2v) is 6.73. The molecule has 0 unspecified atom stereocenters. The third kappa shape index (κ3) is 4.60. The van der Waals surface area contributed by atoms with Crippen molar-refractivity contribution in [2.24, 2.45) is 4.99 Å². The number of fused-ring (bicyclic) bond motifs is 1. The van der Waals surface area contributed by atoms with Gasteiger partial charge in [-0.2, -0.15) is 5.10 Å². The molecule has 0 aliphatic rings. The highest BCUT2D eigenvalue weighted by Crippen LogP contribution is 2.16. The molecule has 29 heavy (non-hydrogen) atoms. The van der Waals surface area contributed by atoms with Crippen LogP contribution < -0.4 is 10.6 Å². The van der Waals surface area contributed by atoms with Crippen molar-refractivity contribution in [1.29, 1.82) is 0 Å². The van der Waals surface area contributed by atoms with Crippen molar-refractivity contribution in [3.63, 3.8) is 0 Å². The molecule has 2 heterocycles. The maximum atomic E-state index is 4.53. The standard InChI is InChI=1S/C23H24N6/c1-24-23(27-16-22-21-10-5-4-7-18(21)11-13-25-22)26-15-19-8-2-3-9-20(19)17-29-14-6-12-28-29/h2-14H,15-17H2,1H3,(H2,24,26,27). The summed E-state index contributed by atoms with van der Waals surface area (Å²) in [5, 5.41) is 13.4. The topological polar surface area (TPSA) is 67.1 Å². The molecule has 0 spiro atoms. The van der Waals surface area contributed by atoms with E-state index in [0.717, 1.165) is 23.6 Å². The first-order chi connectivity index (χ1) is 14.3. The number of aliphatic imine (C=N–C) groups is 1. The van der Waals surface area contributed by atoms with Crippen molar-refractivity contribution < 1.29 is 0 Å². The van der Waals surface area contributed by atoms with E-state index < -0.39 is 0 Å². The number of hydrogen-bond donors (Lipinski definition) is 2. The lowest BCUT2D eigenvalue weighted by Crippen LogP contribution is -2.36. The Balaban J connectivity index is 1.40. The summed E-state index contributed by atoms with van der Waals surface area (Å²) in [5.74, 6) is 0.744. The van der Waals surface area contributed by atoms with Crippen LogP contribution in [-0.4, -0.2) is 27.8 Å². The highest BCUT2D eigenvalue weighted by molar-refractivity contribution is 5.85. The summed E-state index contributed by atoms with van der Waals surface area (Å²) in [5.41, 5.74) is 3.45. The van der Waals surface area contributed by atoms with Crippen molar-refractivity contribution in [2.45, 2.75) is 19.6 Å². The van der Waals surface area contributed by atoms with E-state index in [0.29, 0.717) is 13.1 Å². The molecule has 6 heteroatoms. The minimum Gasteiger partial charge on any atom is -0.352 e. The zero-order valence-electron chi connectivity index (χ0n) is 16.4. The molecular formula is C23H24N6. The molecule has 2 aromatic heterocycles. The van der Waals surface area contributed by atoms with E-state index in [1.165, 1.54) is 16.5 Å². The number of nitrogens with zero attached hydrogens (tertiary/aromatic N) is 4. The van der Waals surface area contributed by atoms with E-state index in [1.807, 2.05) is 41.3 Å². The van der Waals surface area contributed by atoms with Crippen molar-refractivity contribution in [1.82, 2.24) is 25.4 Å². The third-order valence-corrected chi connectivity index (χ3v) is 4.86. The maximum Gasteiger partial charge on any atom is 0.191 e. The molecule has 6 nitrogen and oxygen atoms in total. The highest BCUT2D eigenvalue weighted by atomic mass is 15.3. The summed E-state index contributed by atoms with van der Waals surface area (Å²) in [7, 11) is 1.78. The molecule has 0 fully saturated rings. The smallest absolute Gasteiger partial charge is 0.191 e. The van der Waals surface area contributed by atoms with Crippen molar-refractivity contribution in [3.05, 3.63) is 96.1 Å². The third-order valence-electron chi connectivity index (χ3n) is 4.86. The van der Waals surface area contributed by atoms with E-state index >= 15 is 0 Å². The van der Waals surface area contributed by atoms with Gasteiger partial charge >= 0.3 is 0 Å². The highest BCUT2D eigenvalue weighted by Gasteiger charge is 2.06. The van der Waals surface area contributed by atoms with Crippen molar-refractivity contribution in [2.75, 3.05) is 7.05 Å². The molecule has 4 rings (SSSR count). The van der Waals surface area contributed by atoms with Crippen LogP contribution in [0.4, 0.5) is 0 Å². The fraction of sp³-hybridized carbons (Fsp3) is 0.174. The number of nitrogens with one attached hydrogen (secondary N) is 2. The van der Waals surface area contributed by atoms with Gasteiger partial charge in [-0.1, -0.05) is 48.5 Å². The number of pyridine rings is 1. The zero-order valence-corrected chi connectivity index (χ0v) is 16.4. The van der Waals surface area contributed by atoms with Crippen LogP contribution in [0.1, 0.15) is 16.8 Å². The Morgan fingerprint density at radius 1 is 0.897 bits per heavy atom. The second kappa shape index (κ2) is 9.01. The molecule has 146 valence electrons. The Kier molecular flexibility index (Phi) is 5.81. The molecule has 0 bridgehead atoms. The van der Waals surface area contributed by atoms with Gasteiger partial charge in [0.05, 0.1) is 18.8 Å². The molecule has 0 atom stereocenters. The van der Waals surface area contributed by atoms with E-state index in [1.54, 1.807) is 13.2 Å². The molecular weight excluding hydrogens is 360 g/mol. The molecule has 0 saturated heterocycles. The minimum absolute atomic E-state index is 0.607. The number of hydrogen-bond acceptors (Lipinski definition) is 3. The summed E-state index contributed by atoms with van der Waals surface area (Å²) in [6.45, 7) is 2.03. The maximum absolute atomic E-state index is 4.53. The molecule has 0 aliphatic heterocycles. The normalized spacial score (nSPS) is 11.6. The molecule has 0 aliphatic carbocycles. The van der Waals surface area contributed by atoms with Crippen LogP contribution in [0, 0.1) is 0 Å². The first kappa shape index (κ1) is 18.7. The first-order valence-electron chi connectivity index (χ1n) is 9.65. The van der Waals surface area contributed by atoms with Gasteiger partial charge < -0.3 is 10.6 Å². The summed E-state index contributed by atoms with van der Waals surface area (Å²) < 4.78 is 1.93. The average Bonchev–Trinajstić information content (AvgIpc) is 3.28. The number of benzene rings is 2. The van der Waals surface area contributed by atoms with Crippen molar-refractivity contribution >= 4 is 16.7 Å². The van der Waals surface area contributed by atoms with Crippen LogP contribution in [0.15, 0.2) is 84.2 Å². The molecule has 0 amide bonds. The summed E-state index contributed by atoms with van der Waals surface area (Å²) in [6, 6.07) is 20.6. The van der Waals surface area contributed by atoms with Gasteiger partial charge in [-0.3, -0.25) is 14.7 Å². The molecule has 2 N–H and O–H groups in total. The molecule has 0 saturated carbocycles.